The second-order valence-corrected chi connectivity index (χ2v) is 6.73. The first-order valence-corrected chi connectivity index (χ1v) is 10.5. The molecule has 25 heavy (non-hydrogen) atoms. The van der Waals surface area contributed by atoms with E-state index in [0.717, 1.165) is 25.7 Å². The lowest BCUT2D eigenvalue weighted by Gasteiger charge is -2.07. The van der Waals surface area contributed by atoms with Gasteiger partial charge in [0, 0.05) is 31.1 Å². The summed E-state index contributed by atoms with van der Waals surface area (Å²) in [5.41, 5.74) is 0. The minimum absolute atomic E-state index is 0.00664. The van der Waals surface area contributed by atoms with Crippen LogP contribution >= 0.6 is 24.4 Å². The van der Waals surface area contributed by atoms with Gasteiger partial charge < -0.3 is 25.4 Å². The van der Waals surface area contributed by atoms with E-state index in [1.165, 1.54) is 11.8 Å². The molecule has 0 radical (unpaired) electrons. The van der Waals surface area contributed by atoms with E-state index in [4.69, 9.17) is 9.47 Å². The first-order chi connectivity index (χ1) is 12.2. The minimum atomic E-state index is -0.110. The van der Waals surface area contributed by atoms with Crippen LogP contribution in [0.3, 0.4) is 0 Å². The Balaban J connectivity index is 3.21. The van der Waals surface area contributed by atoms with E-state index in [1.807, 2.05) is 6.92 Å². The molecule has 0 aliphatic heterocycles. The van der Waals surface area contributed by atoms with Crippen molar-refractivity contribution in [1.29, 1.82) is 0 Å². The summed E-state index contributed by atoms with van der Waals surface area (Å²) in [6.07, 6.45) is 3.98. The number of thioether (sulfide) groups is 1. The third kappa shape index (κ3) is 19.5. The Kier molecular flexibility index (Phi) is 19.2. The molecule has 0 fully saturated rings. The van der Waals surface area contributed by atoms with Crippen molar-refractivity contribution in [2.75, 3.05) is 57.6 Å². The maximum Gasteiger partial charge on any atom is 0.314 e. The number of carbonyl (C=O) groups excluding carboxylic acids is 2. The van der Waals surface area contributed by atoms with Crippen molar-refractivity contribution in [2.24, 2.45) is 0 Å². The third-order valence-electron chi connectivity index (χ3n) is 3.06. The molecule has 3 N–H and O–H groups in total. The second kappa shape index (κ2) is 19.7. The summed E-state index contributed by atoms with van der Waals surface area (Å²) in [5.74, 6) is 1.35. The zero-order chi connectivity index (χ0) is 18.6. The van der Waals surface area contributed by atoms with Crippen LogP contribution in [0.1, 0.15) is 32.6 Å². The van der Waals surface area contributed by atoms with Crippen LogP contribution in [0.5, 0.6) is 0 Å². The highest BCUT2D eigenvalue weighted by molar-refractivity contribution is 8.13. The third-order valence-corrected chi connectivity index (χ3v) is 4.02. The number of ether oxygens (including phenoxy) is 2. The standard InChI is InChI=1S/C16H33N3O4S2/c1-2-17-15(20)18-7-5-3-4-6-8-19-16(21)25-14-12-23-10-9-22-11-13-24/h24H,2-14H2,1H3,(H,19,21)(H2,17,18,20). The van der Waals surface area contributed by atoms with Crippen molar-refractivity contribution in [3.63, 3.8) is 0 Å². The Morgan fingerprint density at radius 3 is 2.16 bits per heavy atom. The summed E-state index contributed by atoms with van der Waals surface area (Å²) in [4.78, 5) is 22.7. The summed E-state index contributed by atoms with van der Waals surface area (Å²) >= 11 is 5.28. The fourth-order valence-electron chi connectivity index (χ4n) is 1.85. The van der Waals surface area contributed by atoms with Crippen molar-refractivity contribution in [3.8, 4) is 0 Å². The molecule has 0 aromatic heterocycles. The van der Waals surface area contributed by atoms with Crippen LogP contribution in [0.15, 0.2) is 0 Å². The summed E-state index contributed by atoms with van der Waals surface area (Å²) in [6, 6.07) is -0.110. The first-order valence-electron chi connectivity index (χ1n) is 8.89. The number of rotatable bonds is 16. The molecule has 0 spiro atoms. The maximum atomic E-state index is 11.6. The molecule has 0 aromatic rings. The summed E-state index contributed by atoms with van der Waals surface area (Å²) < 4.78 is 10.6. The summed E-state index contributed by atoms with van der Waals surface area (Å²) in [5, 5.41) is 8.36. The van der Waals surface area contributed by atoms with Crippen molar-refractivity contribution >= 4 is 35.7 Å². The van der Waals surface area contributed by atoms with Gasteiger partial charge in [-0.1, -0.05) is 24.6 Å². The van der Waals surface area contributed by atoms with Gasteiger partial charge >= 0.3 is 6.03 Å². The number of hydrogen-bond acceptors (Lipinski definition) is 6. The van der Waals surface area contributed by atoms with E-state index in [0.29, 0.717) is 57.6 Å². The normalized spacial score (nSPS) is 10.5. The molecule has 148 valence electrons. The van der Waals surface area contributed by atoms with Gasteiger partial charge in [0.2, 0.25) is 0 Å². The maximum absolute atomic E-state index is 11.6. The van der Waals surface area contributed by atoms with Crippen molar-refractivity contribution < 1.29 is 19.1 Å². The minimum Gasteiger partial charge on any atom is -0.378 e. The van der Waals surface area contributed by atoms with Gasteiger partial charge in [0.25, 0.3) is 5.24 Å². The molecule has 7 nitrogen and oxygen atoms in total. The van der Waals surface area contributed by atoms with E-state index in [2.05, 4.69) is 28.6 Å². The second-order valence-electron chi connectivity index (χ2n) is 5.21. The predicted molar refractivity (Wildman–Crippen MR) is 107 cm³/mol. The molecule has 0 unspecified atom stereocenters. The van der Waals surface area contributed by atoms with Crippen LogP contribution in [-0.4, -0.2) is 68.8 Å². The lowest BCUT2D eigenvalue weighted by molar-refractivity contribution is 0.0606. The molecule has 0 aromatic carbocycles. The lowest BCUT2D eigenvalue weighted by atomic mass is 10.2. The molecule has 0 saturated carbocycles. The van der Waals surface area contributed by atoms with Gasteiger partial charge in [-0.3, -0.25) is 4.79 Å². The molecule has 0 aliphatic carbocycles. The number of hydrogen-bond donors (Lipinski definition) is 4. The van der Waals surface area contributed by atoms with Gasteiger partial charge in [-0.15, -0.1) is 0 Å². The number of urea groups is 1. The van der Waals surface area contributed by atoms with Gasteiger partial charge in [0.1, 0.15) is 0 Å². The zero-order valence-corrected chi connectivity index (χ0v) is 16.9. The molecule has 0 bridgehead atoms. The topological polar surface area (TPSA) is 88.7 Å². The highest BCUT2D eigenvalue weighted by Crippen LogP contribution is 2.02. The number of amides is 3. The van der Waals surface area contributed by atoms with Crippen LogP contribution in [-0.2, 0) is 9.47 Å². The zero-order valence-electron chi connectivity index (χ0n) is 15.2. The SMILES string of the molecule is CCNC(=O)NCCCCCCNC(=O)SCCOCCOCCS. The molecule has 0 heterocycles. The van der Waals surface area contributed by atoms with Crippen LogP contribution < -0.4 is 16.0 Å². The summed E-state index contributed by atoms with van der Waals surface area (Å²) in [7, 11) is 0. The van der Waals surface area contributed by atoms with Gasteiger partial charge in [-0.25, -0.2) is 4.79 Å². The molecule has 0 saturated heterocycles. The average molecular weight is 396 g/mol. The van der Waals surface area contributed by atoms with Crippen LogP contribution in [0.25, 0.3) is 0 Å². The number of thiol groups is 1. The molecule has 0 atom stereocenters. The Morgan fingerprint density at radius 2 is 1.52 bits per heavy atom. The predicted octanol–water partition coefficient (Wildman–Crippen LogP) is 2.27. The van der Waals surface area contributed by atoms with Gasteiger partial charge in [0.05, 0.1) is 26.4 Å². The van der Waals surface area contributed by atoms with Gasteiger partial charge in [0.15, 0.2) is 0 Å². The lowest BCUT2D eigenvalue weighted by Crippen LogP contribution is -2.35. The van der Waals surface area contributed by atoms with E-state index in [1.54, 1.807) is 0 Å². The molecular weight excluding hydrogens is 362 g/mol. The van der Waals surface area contributed by atoms with Crippen LogP contribution in [0, 0.1) is 0 Å². The molecule has 3 amide bonds. The van der Waals surface area contributed by atoms with Crippen LogP contribution in [0.2, 0.25) is 0 Å². The van der Waals surface area contributed by atoms with Crippen LogP contribution in [0.4, 0.5) is 9.59 Å². The van der Waals surface area contributed by atoms with Crippen molar-refractivity contribution in [1.82, 2.24) is 16.0 Å². The fraction of sp³-hybridized carbons (Fsp3) is 0.875. The molecule has 0 rings (SSSR count). The quantitative estimate of drug-likeness (QED) is 0.238. The largest absolute Gasteiger partial charge is 0.378 e. The number of carbonyl (C=O) groups is 2. The smallest absolute Gasteiger partial charge is 0.314 e. The van der Waals surface area contributed by atoms with Gasteiger partial charge in [-0.05, 0) is 19.8 Å². The highest BCUT2D eigenvalue weighted by atomic mass is 32.2. The molecular formula is C16H33N3O4S2. The Bertz CT molecular complexity index is 337. The summed E-state index contributed by atoms with van der Waals surface area (Å²) in [6.45, 7) is 6.19. The Morgan fingerprint density at radius 1 is 0.880 bits per heavy atom. The van der Waals surface area contributed by atoms with E-state index in [-0.39, 0.29) is 11.3 Å². The van der Waals surface area contributed by atoms with E-state index in [9.17, 15) is 9.59 Å². The molecule has 0 aliphatic rings. The average Bonchev–Trinajstić information content (AvgIpc) is 2.59. The van der Waals surface area contributed by atoms with Crippen molar-refractivity contribution in [3.05, 3.63) is 0 Å². The van der Waals surface area contributed by atoms with E-state index < -0.39 is 0 Å². The Labute approximate surface area is 161 Å². The highest BCUT2D eigenvalue weighted by Gasteiger charge is 2.01. The Hall–Kier alpha value is -0.640. The van der Waals surface area contributed by atoms with Crippen molar-refractivity contribution in [2.45, 2.75) is 32.6 Å². The number of unbranched alkanes of at least 4 members (excludes halogenated alkanes) is 3. The van der Waals surface area contributed by atoms with Gasteiger partial charge in [-0.2, -0.15) is 12.6 Å². The first kappa shape index (κ1) is 24.4. The number of nitrogens with one attached hydrogen (secondary N) is 3. The van der Waals surface area contributed by atoms with E-state index >= 15 is 0 Å². The monoisotopic (exact) mass is 395 g/mol. The fourth-order valence-corrected chi connectivity index (χ4v) is 2.57. The molecule has 9 heteroatoms.